The molecule has 7 aromatic carbocycles. The first-order valence-corrected chi connectivity index (χ1v) is 15.3. The number of rotatable bonds is 4. The van der Waals surface area contributed by atoms with E-state index in [4.69, 9.17) is 4.42 Å². The number of thiophene rings is 1. The van der Waals surface area contributed by atoms with Crippen LogP contribution < -0.4 is 4.90 Å². The van der Waals surface area contributed by atoms with Crippen LogP contribution in [0.25, 0.3) is 64.0 Å². The molecule has 0 radical (unpaired) electrons. The summed E-state index contributed by atoms with van der Waals surface area (Å²) < 4.78 is 8.92. The third kappa shape index (κ3) is 3.86. The standard InChI is InChI=1S/C40H25NOS/c1-2-11-30-26(9-1)10-7-14-31(30)27-19-21-28(22-20-27)41(29-23-24-33-32-12-3-5-16-36(32)42-37(33)25-29)35-15-8-18-39-40(35)34-13-4-6-17-38(34)43-39/h1-25H. The van der Waals surface area contributed by atoms with Crippen molar-refractivity contribution in [1.82, 2.24) is 0 Å². The number of hydrogen-bond acceptors (Lipinski definition) is 3. The molecule has 0 fully saturated rings. The van der Waals surface area contributed by atoms with Gasteiger partial charge in [-0.2, -0.15) is 0 Å². The molecule has 0 aliphatic heterocycles. The van der Waals surface area contributed by atoms with Crippen molar-refractivity contribution in [2.24, 2.45) is 0 Å². The van der Waals surface area contributed by atoms with Crippen molar-refractivity contribution in [3.63, 3.8) is 0 Å². The minimum absolute atomic E-state index is 0.887. The summed E-state index contributed by atoms with van der Waals surface area (Å²) in [5.41, 5.74) is 7.56. The SMILES string of the molecule is c1ccc2c(-c3ccc(N(c4ccc5c(c4)oc4ccccc45)c4cccc5sc6ccccc6c45)cc3)cccc2c1. The van der Waals surface area contributed by atoms with E-state index >= 15 is 0 Å². The molecule has 0 N–H and O–H groups in total. The molecule has 0 amide bonds. The van der Waals surface area contributed by atoms with Crippen molar-refractivity contribution in [3.8, 4) is 11.1 Å². The number of nitrogens with zero attached hydrogens (tertiary/aromatic N) is 1. The molecule has 2 heterocycles. The van der Waals surface area contributed by atoms with Crippen molar-refractivity contribution < 1.29 is 4.42 Å². The molecule has 9 rings (SSSR count). The van der Waals surface area contributed by atoms with Crippen LogP contribution in [0.15, 0.2) is 156 Å². The molecule has 0 spiro atoms. The van der Waals surface area contributed by atoms with Gasteiger partial charge in [0.15, 0.2) is 0 Å². The first kappa shape index (κ1) is 24.2. The number of anilines is 3. The van der Waals surface area contributed by atoms with Gasteiger partial charge in [0, 0.05) is 48.4 Å². The average Bonchev–Trinajstić information content (AvgIpc) is 3.63. The summed E-state index contributed by atoms with van der Waals surface area (Å²) in [5, 5.41) is 7.33. The van der Waals surface area contributed by atoms with Crippen LogP contribution in [0.4, 0.5) is 17.1 Å². The molecule has 2 nitrogen and oxygen atoms in total. The molecule has 3 heteroatoms. The Morgan fingerprint density at radius 3 is 2.05 bits per heavy atom. The first-order chi connectivity index (χ1) is 21.3. The number of hydrogen-bond donors (Lipinski definition) is 0. The van der Waals surface area contributed by atoms with Gasteiger partial charge in [0.2, 0.25) is 0 Å². The fraction of sp³-hybridized carbons (Fsp3) is 0. The molecule has 0 unspecified atom stereocenters. The van der Waals surface area contributed by atoms with Crippen molar-refractivity contribution in [2.45, 2.75) is 0 Å². The topological polar surface area (TPSA) is 16.4 Å². The normalized spacial score (nSPS) is 11.7. The van der Waals surface area contributed by atoms with Gasteiger partial charge in [0.25, 0.3) is 0 Å². The molecule has 9 aromatic rings. The fourth-order valence-corrected chi connectivity index (χ4v) is 7.62. The molecule has 0 atom stereocenters. The van der Waals surface area contributed by atoms with Crippen LogP contribution in [-0.2, 0) is 0 Å². The zero-order chi connectivity index (χ0) is 28.3. The molecule has 0 saturated carbocycles. The summed E-state index contributed by atoms with van der Waals surface area (Å²) in [5.74, 6) is 0. The van der Waals surface area contributed by atoms with E-state index in [0.717, 1.165) is 39.0 Å². The fourth-order valence-electron chi connectivity index (χ4n) is 6.49. The second-order valence-electron chi connectivity index (χ2n) is 10.9. The van der Waals surface area contributed by atoms with E-state index in [2.05, 4.69) is 144 Å². The van der Waals surface area contributed by atoms with Crippen molar-refractivity contribution in [2.75, 3.05) is 4.90 Å². The quantitative estimate of drug-likeness (QED) is 0.210. The summed E-state index contributed by atoms with van der Waals surface area (Å²) >= 11 is 1.84. The largest absolute Gasteiger partial charge is 0.456 e. The molecule has 0 aliphatic rings. The second-order valence-corrected chi connectivity index (χ2v) is 12.0. The van der Waals surface area contributed by atoms with Gasteiger partial charge in [-0.25, -0.2) is 0 Å². The van der Waals surface area contributed by atoms with Gasteiger partial charge in [-0.1, -0.05) is 97.1 Å². The minimum Gasteiger partial charge on any atom is -0.456 e. The van der Waals surface area contributed by atoms with Crippen LogP contribution in [0.1, 0.15) is 0 Å². The maximum atomic E-state index is 6.35. The lowest BCUT2D eigenvalue weighted by Gasteiger charge is -2.26. The van der Waals surface area contributed by atoms with Crippen LogP contribution >= 0.6 is 11.3 Å². The van der Waals surface area contributed by atoms with Crippen molar-refractivity contribution in [3.05, 3.63) is 152 Å². The Bertz CT molecular complexity index is 2460. The van der Waals surface area contributed by atoms with Crippen LogP contribution in [-0.4, -0.2) is 0 Å². The van der Waals surface area contributed by atoms with E-state index in [0.29, 0.717) is 0 Å². The van der Waals surface area contributed by atoms with E-state index < -0.39 is 0 Å². The predicted molar refractivity (Wildman–Crippen MR) is 184 cm³/mol. The zero-order valence-electron chi connectivity index (χ0n) is 23.2. The number of para-hydroxylation sites is 1. The molecule has 0 saturated heterocycles. The summed E-state index contributed by atoms with van der Waals surface area (Å²) in [6.45, 7) is 0. The second kappa shape index (κ2) is 9.59. The highest BCUT2D eigenvalue weighted by Gasteiger charge is 2.20. The van der Waals surface area contributed by atoms with Gasteiger partial charge in [0.1, 0.15) is 11.2 Å². The van der Waals surface area contributed by atoms with Gasteiger partial charge >= 0.3 is 0 Å². The number of fused-ring (bicyclic) bond motifs is 7. The lowest BCUT2D eigenvalue weighted by Crippen LogP contribution is -2.10. The highest BCUT2D eigenvalue weighted by Crippen LogP contribution is 2.46. The summed E-state index contributed by atoms with van der Waals surface area (Å²) in [4.78, 5) is 2.38. The smallest absolute Gasteiger partial charge is 0.137 e. The first-order valence-electron chi connectivity index (χ1n) is 14.5. The molecular weight excluding hydrogens is 543 g/mol. The monoisotopic (exact) mass is 567 g/mol. The van der Waals surface area contributed by atoms with E-state index in [1.165, 1.54) is 42.1 Å². The Kier molecular flexibility index (Phi) is 5.40. The third-order valence-electron chi connectivity index (χ3n) is 8.47. The van der Waals surface area contributed by atoms with Gasteiger partial charge in [-0.15, -0.1) is 11.3 Å². The van der Waals surface area contributed by atoms with E-state index in [9.17, 15) is 0 Å². The van der Waals surface area contributed by atoms with Crippen LogP contribution in [0.3, 0.4) is 0 Å². The third-order valence-corrected chi connectivity index (χ3v) is 9.60. The highest BCUT2D eigenvalue weighted by atomic mass is 32.1. The van der Waals surface area contributed by atoms with Gasteiger partial charge < -0.3 is 9.32 Å². The Morgan fingerprint density at radius 1 is 0.465 bits per heavy atom. The Morgan fingerprint density at radius 2 is 1.14 bits per heavy atom. The van der Waals surface area contributed by atoms with E-state index in [1.54, 1.807) is 0 Å². The molecular formula is C40H25NOS. The summed E-state index contributed by atoms with van der Waals surface area (Å²) in [6.07, 6.45) is 0. The molecule has 43 heavy (non-hydrogen) atoms. The summed E-state index contributed by atoms with van der Waals surface area (Å²) in [7, 11) is 0. The Hall–Kier alpha value is -5.38. The molecule has 202 valence electrons. The molecule has 2 aromatic heterocycles. The lowest BCUT2D eigenvalue weighted by atomic mass is 9.98. The van der Waals surface area contributed by atoms with E-state index in [-0.39, 0.29) is 0 Å². The maximum Gasteiger partial charge on any atom is 0.137 e. The average molecular weight is 568 g/mol. The van der Waals surface area contributed by atoms with Gasteiger partial charge in [-0.3, -0.25) is 0 Å². The Labute approximate surface area is 252 Å². The van der Waals surface area contributed by atoms with Crippen LogP contribution in [0, 0.1) is 0 Å². The van der Waals surface area contributed by atoms with Crippen molar-refractivity contribution in [1.29, 1.82) is 0 Å². The van der Waals surface area contributed by atoms with Crippen LogP contribution in [0.2, 0.25) is 0 Å². The number of benzene rings is 7. The zero-order valence-corrected chi connectivity index (χ0v) is 24.0. The minimum atomic E-state index is 0.887. The van der Waals surface area contributed by atoms with E-state index in [1.807, 2.05) is 23.5 Å². The van der Waals surface area contributed by atoms with Gasteiger partial charge in [-0.05, 0) is 70.4 Å². The highest BCUT2D eigenvalue weighted by molar-refractivity contribution is 7.26. The summed E-state index contributed by atoms with van der Waals surface area (Å²) in [6, 6.07) is 54.3. The van der Waals surface area contributed by atoms with Crippen LogP contribution in [0.5, 0.6) is 0 Å². The van der Waals surface area contributed by atoms with Gasteiger partial charge in [0.05, 0.1) is 5.69 Å². The molecule has 0 bridgehead atoms. The lowest BCUT2D eigenvalue weighted by molar-refractivity contribution is 0.669. The van der Waals surface area contributed by atoms with Crippen molar-refractivity contribution >= 4 is 81.3 Å². The molecule has 0 aliphatic carbocycles. The number of furan rings is 1. The Balaban J connectivity index is 1.26. The maximum absolute atomic E-state index is 6.35. The predicted octanol–water partition coefficient (Wildman–Crippen LogP) is 12.2.